The van der Waals surface area contributed by atoms with E-state index in [0.29, 0.717) is 36.0 Å². The van der Waals surface area contributed by atoms with Crippen molar-refractivity contribution in [2.45, 2.75) is 63.9 Å². The van der Waals surface area contributed by atoms with Crippen molar-refractivity contribution in [2.24, 2.45) is 17.8 Å². The molecule has 1 spiro atoms. The third-order valence-corrected chi connectivity index (χ3v) is 6.17. The van der Waals surface area contributed by atoms with Crippen molar-refractivity contribution in [3.63, 3.8) is 0 Å². The average molecular weight is 297 g/mol. The number of rotatable bonds is 3. The van der Waals surface area contributed by atoms with Crippen LogP contribution in [-0.2, 0) is 14.2 Å². The normalized spacial score (nSPS) is 48.9. The SMILES string of the molecule is CNC(C1CCOC2(CCOC2)C1)C1C(C)OC(C)C1C. The summed E-state index contributed by atoms with van der Waals surface area (Å²) in [4.78, 5) is 0. The second-order valence-electron chi connectivity index (χ2n) is 7.38. The predicted molar refractivity (Wildman–Crippen MR) is 82.4 cm³/mol. The van der Waals surface area contributed by atoms with E-state index >= 15 is 0 Å². The summed E-state index contributed by atoms with van der Waals surface area (Å²) in [5.74, 6) is 1.86. The Morgan fingerprint density at radius 1 is 1.14 bits per heavy atom. The number of hydrogen-bond acceptors (Lipinski definition) is 4. The molecule has 3 heterocycles. The summed E-state index contributed by atoms with van der Waals surface area (Å²) in [5, 5.41) is 3.63. The van der Waals surface area contributed by atoms with E-state index in [2.05, 4.69) is 33.1 Å². The van der Waals surface area contributed by atoms with E-state index in [4.69, 9.17) is 14.2 Å². The molecule has 0 amide bonds. The van der Waals surface area contributed by atoms with Gasteiger partial charge in [-0.15, -0.1) is 0 Å². The van der Waals surface area contributed by atoms with Crippen LogP contribution in [0.2, 0.25) is 0 Å². The van der Waals surface area contributed by atoms with Gasteiger partial charge in [-0.05, 0) is 45.6 Å². The van der Waals surface area contributed by atoms with E-state index < -0.39 is 0 Å². The van der Waals surface area contributed by atoms with Gasteiger partial charge in [0, 0.05) is 31.6 Å². The van der Waals surface area contributed by atoms with E-state index in [1.807, 2.05) is 0 Å². The van der Waals surface area contributed by atoms with Crippen molar-refractivity contribution in [1.29, 1.82) is 0 Å². The van der Waals surface area contributed by atoms with E-state index in [1.54, 1.807) is 0 Å². The molecule has 1 N–H and O–H groups in total. The van der Waals surface area contributed by atoms with Crippen LogP contribution in [0.4, 0.5) is 0 Å². The molecule has 21 heavy (non-hydrogen) atoms. The Hall–Kier alpha value is -0.160. The fraction of sp³-hybridized carbons (Fsp3) is 1.00. The van der Waals surface area contributed by atoms with Crippen LogP contribution >= 0.6 is 0 Å². The Morgan fingerprint density at radius 3 is 2.52 bits per heavy atom. The Morgan fingerprint density at radius 2 is 1.95 bits per heavy atom. The zero-order valence-corrected chi connectivity index (χ0v) is 13.9. The fourth-order valence-corrected chi connectivity index (χ4v) is 4.89. The van der Waals surface area contributed by atoms with Gasteiger partial charge in [0.15, 0.2) is 0 Å². The fourth-order valence-electron chi connectivity index (χ4n) is 4.89. The lowest BCUT2D eigenvalue weighted by molar-refractivity contribution is -0.107. The summed E-state index contributed by atoms with van der Waals surface area (Å²) in [7, 11) is 2.11. The summed E-state index contributed by atoms with van der Waals surface area (Å²) in [6, 6.07) is 0.515. The van der Waals surface area contributed by atoms with Gasteiger partial charge in [0.05, 0.1) is 24.4 Å². The summed E-state index contributed by atoms with van der Waals surface area (Å²) in [6.45, 7) is 9.30. The number of hydrogen-bond donors (Lipinski definition) is 1. The van der Waals surface area contributed by atoms with Crippen LogP contribution in [0.3, 0.4) is 0 Å². The van der Waals surface area contributed by atoms with Crippen LogP contribution in [0, 0.1) is 17.8 Å². The molecular weight excluding hydrogens is 266 g/mol. The highest BCUT2D eigenvalue weighted by molar-refractivity contribution is 4.99. The number of nitrogens with one attached hydrogen (secondary N) is 1. The van der Waals surface area contributed by atoms with Crippen molar-refractivity contribution < 1.29 is 14.2 Å². The average Bonchev–Trinajstić information content (AvgIpc) is 3.00. The maximum atomic E-state index is 6.10. The van der Waals surface area contributed by atoms with Crippen molar-refractivity contribution >= 4 is 0 Å². The quantitative estimate of drug-likeness (QED) is 0.867. The molecule has 3 fully saturated rings. The van der Waals surface area contributed by atoms with E-state index in [-0.39, 0.29) is 5.60 Å². The molecule has 3 aliphatic heterocycles. The third-order valence-electron chi connectivity index (χ3n) is 6.17. The van der Waals surface area contributed by atoms with Crippen molar-refractivity contribution in [3.05, 3.63) is 0 Å². The molecule has 0 bridgehead atoms. The van der Waals surface area contributed by atoms with Crippen molar-refractivity contribution in [1.82, 2.24) is 5.32 Å². The molecule has 0 aromatic rings. The minimum absolute atomic E-state index is 0.00439. The second-order valence-corrected chi connectivity index (χ2v) is 7.38. The van der Waals surface area contributed by atoms with E-state index in [1.165, 1.54) is 0 Å². The molecule has 3 rings (SSSR count). The first-order valence-corrected chi connectivity index (χ1v) is 8.61. The molecule has 0 aromatic carbocycles. The molecule has 4 heteroatoms. The lowest BCUT2D eigenvalue weighted by Gasteiger charge is -2.43. The highest BCUT2D eigenvalue weighted by Crippen LogP contribution is 2.43. The molecule has 7 atom stereocenters. The highest BCUT2D eigenvalue weighted by atomic mass is 16.6. The smallest absolute Gasteiger partial charge is 0.0939 e. The molecule has 0 aromatic heterocycles. The lowest BCUT2D eigenvalue weighted by atomic mass is 9.72. The first kappa shape index (κ1) is 15.7. The Bertz CT molecular complexity index is 356. The van der Waals surface area contributed by atoms with Gasteiger partial charge in [0.1, 0.15) is 0 Å². The molecule has 0 radical (unpaired) electrons. The van der Waals surface area contributed by atoms with Crippen LogP contribution < -0.4 is 5.32 Å². The Labute approximate surface area is 128 Å². The molecular formula is C17H31NO3. The van der Waals surface area contributed by atoms with Gasteiger partial charge in [0.25, 0.3) is 0 Å². The van der Waals surface area contributed by atoms with Crippen LogP contribution in [0.15, 0.2) is 0 Å². The van der Waals surface area contributed by atoms with E-state index in [0.717, 1.165) is 39.1 Å². The second kappa shape index (κ2) is 6.15. The van der Waals surface area contributed by atoms with Crippen molar-refractivity contribution in [2.75, 3.05) is 26.9 Å². The summed E-state index contributed by atoms with van der Waals surface area (Å²) in [6.07, 6.45) is 4.04. The molecule has 3 saturated heterocycles. The molecule has 3 aliphatic rings. The minimum Gasteiger partial charge on any atom is -0.378 e. The first-order valence-electron chi connectivity index (χ1n) is 8.61. The van der Waals surface area contributed by atoms with Gasteiger partial charge in [-0.25, -0.2) is 0 Å². The molecule has 7 unspecified atom stereocenters. The minimum atomic E-state index is -0.00439. The van der Waals surface area contributed by atoms with Crippen LogP contribution in [0.1, 0.15) is 40.0 Å². The Kier molecular flexibility index (Phi) is 4.60. The topological polar surface area (TPSA) is 39.7 Å². The zero-order valence-electron chi connectivity index (χ0n) is 13.9. The summed E-state index contributed by atoms with van der Waals surface area (Å²) >= 11 is 0. The van der Waals surface area contributed by atoms with Crippen molar-refractivity contribution in [3.8, 4) is 0 Å². The Balaban J connectivity index is 1.73. The van der Waals surface area contributed by atoms with E-state index in [9.17, 15) is 0 Å². The standard InChI is InChI=1S/C17H31NO3/c1-11-12(2)21-13(3)15(11)16(18-4)14-5-7-20-17(9-14)6-8-19-10-17/h11-16,18H,5-10H2,1-4H3. The molecule has 0 saturated carbocycles. The maximum absolute atomic E-state index is 6.10. The predicted octanol–water partition coefficient (Wildman–Crippen LogP) is 2.22. The third kappa shape index (κ3) is 2.88. The lowest BCUT2D eigenvalue weighted by Crippen LogP contribution is -2.51. The van der Waals surface area contributed by atoms with Gasteiger partial charge in [0.2, 0.25) is 0 Å². The zero-order chi connectivity index (χ0) is 15.0. The molecule has 122 valence electrons. The van der Waals surface area contributed by atoms with Gasteiger partial charge in [-0.1, -0.05) is 6.92 Å². The number of ether oxygens (including phenoxy) is 3. The van der Waals surface area contributed by atoms with Gasteiger partial charge < -0.3 is 19.5 Å². The largest absolute Gasteiger partial charge is 0.378 e. The summed E-state index contributed by atoms with van der Waals surface area (Å²) < 4.78 is 17.8. The molecule has 0 aliphatic carbocycles. The van der Waals surface area contributed by atoms with Gasteiger partial charge >= 0.3 is 0 Å². The molecule has 4 nitrogen and oxygen atoms in total. The monoisotopic (exact) mass is 297 g/mol. The maximum Gasteiger partial charge on any atom is 0.0939 e. The van der Waals surface area contributed by atoms with Crippen LogP contribution in [0.25, 0.3) is 0 Å². The van der Waals surface area contributed by atoms with Gasteiger partial charge in [-0.3, -0.25) is 0 Å². The van der Waals surface area contributed by atoms with Crippen LogP contribution in [0.5, 0.6) is 0 Å². The summed E-state index contributed by atoms with van der Waals surface area (Å²) in [5.41, 5.74) is -0.00439. The van der Waals surface area contributed by atoms with Gasteiger partial charge in [-0.2, -0.15) is 0 Å². The first-order chi connectivity index (χ1) is 10.1. The van der Waals surface area contributed by atoms with Crippen LogP contribution in [-0.4, -0.2) is 50.7 Å². The highest BCUT2D eigenvalue weighted by Gasteiger charge is 2.48.